The highest BCUT2D eigenvalue weighted by atomic mass is 35.5. The van der Waals surface area contributed by atoms with Crippen molar-refractivity contribution in [2.45, 2.75) is 57.2 Å². The number of hydrogen-bond acceptors (Lipinski definition) is 3. The van der Waals surface area contributed by atoms with Crippen molar-refractivity contribution in [3.05, 3.63) is 28.8 Å². The number of nitrogens with zero attached hydrogens (tertiary/aromatic N) is 2. The van der Waals surface area contributed by atoms with Crippen LogP contribution in [0.2, 0.25) is 5.02 Å². The fourth-order valence-electron chi connectivity index (χ4n) is 4.11. The molecule has 3 rings (SSSR count). The van der Waals surface area contributed by atoms with Crippen LogP contribution >= 0.6 is 11.6 Å². The molecule has 0 spiro atoms. The van der Waals surface area contributed by atoms with Crippen LogP contribution in [0.15, 0.2) is 23.2 Å². The Hall–Kier alpha value is -1.46. The quantitative estimate of drug-likeness (QED) is 0.608. The van der Waals surface area contributed by atoms with Crippen molar-refractivity contribution >= 4 is 17.6 Å². The van der Waals surface area contributed by atoms with Gasteiger partial charge in [0.25, 0.3) is 0 Å². The highest BCUT2D eigenvalue weighted by molar-refractivity contribution is 6.30. The maximum atomic E-state index is 6.03. The van der Waals surface area contributed by atoms with Crippen molar-refractivity contribution in [3.8, 4) is 5.75 Å². The zero-order chi connectivity index (χ0) is 18.4. The summed E-state index contributed by atoms with van der Waals surface area (Å²) in [6.07, 6.45) is 7.97. The predicted molar refractivity (Wildman–Crippen MR) is 108 cm³/mol. The lowest BCUT2D eigenvalue weighted by Gasteiger charge is -2.36. The Morgan fingerprint density at radius 1 is 1.23 bits per heavy atom. The number of likely N-dealkylation sites (tertiary alicyclic amines) is 1. The van der Waals surface area contributed by atoms with Crippen LogP contribution in [-0.2, 0) is 6.54 Å². The summed E-state index contributed by atoms with van der Waals surface area (Å²) in [4.78, 5) is 7.08. The summed E-state index contributed by atoms with van der Waals surface area (Å²) in [5.41, 5.74) is 1.07. The van der Waals surface area contributed by atoms with E-state index in [2.05, 4.69) is 20.5 Å². The van der Waals surface area contributed by atoms with E-state index in [0.717, 1.165) is 23.3 Å². The van der Waals surface area contributed by atoms with E-state index in [1.807, 2.05) is 25.2 Å². The van der Waals surface area contributed by atoms with Gasteiger partial charge in [-0.2, -0.15) is 0 Å². The summed E-state index contributed by atoms with van der Waals surface area (Å²) in [5, 5.41) is 7.66. The highest BCUT2D eigenvalue weighted by Crippen LogP contribution is 2.26. The van der Waals surface area contributed by atoms with Crippen LogP contribution in [0.5, 0.6) is 5.75 Å². The summed E-state index contributed by atoms with van der Waals surface area (Å²) in [5.74, 6) is 1.65. The number of rotatable bonds is 5. The van der Waals surface area contributed by atoms with Crippen molar-refractivity contribution < 1.29 is 4.74 Å². The second kappa shape index (κ2) is 9.47. The third-order valence-corrected chi connectivity index (χ3v) is 5.87. The molecular weight excluding hydrogens is 348 g/mol. The molecule has 6 heteroatoms. The van der Waals surface area contributed by atoms with Gasteiger partial charge in [0, 0.05) is 49.4 Å². The Morgan fingerprint density at radius 3 is 2.62 bits per heavy atom. The maximum absolute atomic E-state index is 6.03. The number of guanidine groups is 1. The summed E-state index contributed by atoms with van der Waals surface area (Å²) < 4.78 is 5.41. The first-order valence-corrected chi connectivity index (χ1v) is 10.1. The summed E-state index contributed by atoms with van der Waals surface area (Å²) in [7, 11) is 3.49. The lowest BCUT2D eigenvalue weighted by molar-refractivity contribution is 0.150. The van der Waals surface area contributed by atoms with Gasteiger partial charge < -0.3 is 20.3 Å². The van der Waals surface area contributed by atoms with Gasteiger partial charge in [0.05, 0.1) is 7.11 Å². The minimum atomic E-state index is 0.492. The number of aliphatic imine (C=N–C) groups is 1. The molecule has 5 nitrogen and oxygen atoms in total. The van der Waals surface area contributed by atoms with Gasteiger partial charge >= 0.3 is 0 Å². The van der Waals surface area contributed by atoms with Crippen LogP contribution < -0.4 is 15.4 Å². The van der Waals surface area contributed by atoms with E-state index in [1.54, 1.807) is 7.11 Å². The van der Waals surface area contributed by atoms with Crippen molar-refractivity contribution in [1.82, 2.24) is 15.5 Å². The third-order valence-electron chi connectivity index (χ3n) is 5.63. The zero-order valence-electron chi connectivity index (χ0n) is 15.9. The first kappa shape index (κ1) is 19.3. The standard InChI is InChI=1S/C20H31ClN4O/c1-22-20(23-14-15-7-8-16(21)13-19(15)26-2)24-17-9-11-25(12-10-17)18-5-3-4-6-18/h7-8,13,17-18H,3-6,9-12,14H2,1-2H3,(H2,22,23,24). The Bertz CT molecular complexity index is 608. The molecule has 1 saturated heterocycles. The molecule has 26 heavy (non-hydrogen) atoms. The van der Waals surface area contributed by atoms with Crippen LogP contribution in [0.1, 0.15) is 44.1 Å². The van der Waals surface area contributed by atoms with Crippen molar-refractivity contribution in [3.63, 3.8) is 0 Å². The number of ether oxygens (including phenoxy) is 1. The van der Waals surface area contributed by atoms with E-state index in [4.69, 9.17) is 16.3 Å². The first-order valence-electron chi connectivity index (χ1n) is 9.73. The molecule has 1 aromatic rings. The average Bonchev–Trinajstić information content (AvgIpc) is 3.21. The van der Waals surface area contributed by atoms with E-state index in [1.165, 1.54) is 51.6 Å². The predicted octanol–water partition coefficient (Wildman–Crippen LogP) is 3.42. The van der Waals surface area contributed by atoms with Crippen LogP contribution in [0.4, 0.5) is 0 Å². The minimum Gasteiger partial charge on any atom is -0.496 e. The van der Waals surface area contributed by atoms with Gasteiger partial charge in [-0.15, -0.1) is 0 Å². The lowest BCUT2D eigenvalue weighted by atomic mass is 10.0. The molecule has 1 aromatic carbocycles. The molecule has 2 fully saturated rings. The maximum Gasteiger partial charge on any atom is 0.191 e. The second-order valence-electron chi connectivity index (χ2n) is 7.27. The van der Waals surface area contributed by atoms with E-state index in [0.29, 0.717) is 17.6 Å². The number of methoxy groups -OCH3 is 1. The van der Waals surface area contributed by atoms with Crippen LogP contribution in [0.25, 0.3) is 0 Å². The Labute approximate surface area is 162 Å². The third kappa shape index (κ3) is 5.04. The molecule has 0 radical (unpaired) electrons. The van der Waals surface area contributed by atoms with Gasteiger partial charge in [0.15, 0.2) is 5.96 Å². The topological polar surface area (TPSA) is 48.9 Å². The van der Waals surface area contributed by atoms with Crippen LogP contribution in [0, 0.1) is 0 Å². The molecule has 2 aliphatic rings. The van der Waals surface area contributed by atoms with Crippen LogP contribution in [0.3, 0.4) is 0 Å². The second-order valence-corrected chi connectivity index (χ2v) is 7.71. The monoisotopic (exact) mass is 378 g/mol. The Kier molecular flexibility index (Phi) is 7.03. The van der Waals surface area contributed by atoms with Crippen molar-refractivity contribution in [2.24, 2.45) is 4.99 Å². The van der Waals surface area contributed by atoms with Gasteiger partial charge in [-0.05, 0) is 37.8 Å². The van der Waals surface area contributed by atoms with Gasteiger partial charge in [-0.3, -0.25) is 4.99 Å². The van der Waals surface area contributed by atoms with E-state index in [9.17, 15) is 0 Å². The number of hydrogen-bond donors (Lipinski definition) is 2. The molecule has 1 aliphatic carbocycles. The minimum absolute atomic E-state index is 0.492. The number of benzene rings is 1. The summed E-state index contributed by atoms with van der Waals surface area (Å²) in [6.45, 7) is 3.05. The SMILES string of the molecule is CN=C(NCc1ccc(Cl)cc1OC)NC1CCN(C2CCCC2)CC1. The normalized spacial score (nSPS) is 20.3. The molecule has 1 aliphatic heterocycles. The Balaban J connectivity index is 1.46. The molecule has 0 unspecified atom stereocenters. The molecule has 0 bridgehead atoms. The molecule has 0 atom stereocenters. The van der Waals surface area contributed by atoms with Gasteiger partial charge in [0.1, 0.15) is 5.75 Å². The largest absolute Gasteiger partial charge is 0.496 e. The van der Waals surface area contributed by atoms with Crippen LogP contribution in [-0.4, -0.2) is 50.2 Å². The smallest absolute Gasteiger partial charge is 0.191 e. The van der Waals surface area contributed by atoms with Gasteiger partial charge in [-0.25, -0.2) is 0 Å². The number of nitrogens with one attached hydrogen (secondary N) is 2. The zero-order valence-corrected chi connectivity index (χ0v) is 16.7. The fraction of sp³-hybridized carbons (Fsp3) is 0.650. The van der Waals surface area contributed by atoms with Gasteiger partial charge in [0.2, 0.25) is 0 Å². The van der Waals surface area contributed by atoms with E-state index in [-0.39, 0.29) is 0 Å². The molecule has 0 aromatic heterocycles. The van der Waals surface area contributed by atoms with E-state index < -0.39 is 0 Å². The van der Waals surface area contributed by atoms with Crippen molar-refractivity contribution in [2.75, 3.05) is 27.2 Å². The molecule has 1 saturated carbocycles. The summed E-state index contributed by atoms with van der Waals surface area (Å²) in [6, 6.07) is 7.04. The number of piperidine rings is 1. The lowest BCUT2D eigenvalue weighted by Crippen LogP contribution is -2.50. The number of halogens is 1. The fourth-order valence-corrected chi connectivity index (χ4v) is 4.27. The van der Waals surface area contributed by atoms with E-state index >= 15 is 0 Å². The van der Waals surface area contributed by atoms with Gasteiger partial charge in [-0.1, -0.05) is 30.5 Å². The molecular formula is C20H31ClN4O. The molecule has 0 amide bonds. The summed E-state index contributed by atoms with van der Waals surface area (Å²) >= 11 is 6.03. The van der Waals surface area contributed by atoms with Crippen molar-refractivity contribution in [1.29, 1.82) is 0 Å². The molecule has 144 valence electrons. The molecule has 1 heterocycles. The first-order chi connectivity index (χ1) is 12.7. The Morgan fingerprint density at radius 2 is 1.96 bits per heavy atom. The molecule has 2 N–H and O–H groups in total. The highest BCUT2D eigenvalue weighted by Gasteiger charge is 2.27. The average molecular weight is 379 g/mol.